The summed E-state index contributed by atoms with van der Waals surface area (Å²) in [6.45, 7) is 2.52. The number of imide groups is 2. The molecule has 28 heavy (non-hydrogen) atoms. The fourth-order valence-corrected chi connectivity index (χ4v) is 5.28. The molecule has 1 aliphatic carbocycles. The minimum atomic E-state index is -0.929. The number of amides is 4. The summed E-state index contributed by atoms with van der Waals surface area (Å²) in [5.74, 6) is -1.85. The zero-order valence-electron chi connectivity index (χ0n) is 15.4. The van der Waals surface area contributed by atoms with Crippen molar-refractivity contribution >= 4 is 23.6 Å². The second kappa shape index (κ2) is 5.96. The van der Waals surface area contributed by atoms with Crippen LogP contribution in [0.2, 0.25) is 0 Å². The van der Waals surface area contributed by atoms with Crippen LogP contribution in [0.1, 0.15) is 52.0 Å². The lowest BCUT2D eigenvalue weighted by atomic mass is 9.61. The average Bonchev–Trinajstić information content (AvgIpc) is 2.84. The maximum Gasteiger partial charge on any atom is 0.262 e. The van der Waals surface area contributed by atoms with E-state index in [1.165, 1.54) is 0 Å². The number of likely N-dealkylation sites (tertiary alicyclic amines) is 1. The largest absolute Gasteiger partial charge is 0.328 e. The monoisotopic (exact) mass is 382 g/mol. The van der Waals surface area contributed by atoms with Crippen molar-refractivity contribution in [2.45, 2.75) is 44.3 Å². The van der Waals surface area contributed by atoms with Gasteiger partial charge in [-0.2, -0.15) is 0 Å². The summed E-state index contributed by atoms with van der Waals surface area (Å²) in [6, 6.07) is 4.66. The van der Waals surface area contributed by atoms with Gasteiger partial charge in [-0.05, 0) is 36.3 Å². The maximum absolute atomic E-state index is 13.1. The quantitative estimate of drug-likeness (QED) is 0.712. The SMILES string of the molecule is NC1CC2(C1)CN(Cc1cccc3c1C(=O)N(C1CCC(=O)NC1=O)C3=O)C2. The number of fused-ring (bicyclic) bond motifs is 1. The van der Waals surface area contributed by atoms with Crippen molar-refractivity contribution in [1.82, 2.24) is 15.1 Å². The molecule has 3 heterocycles. The predicted octanol–water partition coefficient (Wildman–Crippen LogP) is 0.0109. The van der Waals surface area contributed by atoms with Crippen molar-refractivity contribution in [2.75, 3.05) is 13.1 Å². The molecule has 0 bridgehead atoms. The van der Waals surface area contributed by atoms with Gasteiger partial charge in [0.15, 0.2) is 0 Å². The van der Waals surface area contributed by atoms with Crippen LogP contribution in [0.4, 0.5) is 0 Å². The molecule has 1 aromatic rings. The molecular weight excluding hydrogens is 360 g/mol. The van der Waals surface area contributed by atoms with Gasteiger partial charge in [0, 0.05) is 32.1 Å². The van der Waals surface area contributed by atoms with Gasteiger partial charge in [0.1, 0.15) is 6.04 Å². The molecule has 1 saturated carbocycles. The van der Waals surface area contributed by atoms with Crippen molar-refractivity contribution in [3.8, 4) is 0 Å². The summed E-state index contributed by atoms with van der Waals surface area (Å²) in [5.41, 5.74) is 7.80. The van der Waals surface area contributed by atoms with E-state index >= 15 is 0 Å². The maximum atomic E-state index is 13.1. The Hall–Kier alpha value is -2.58. The van der Waals surface area contributed by atoms with Gasteiger partial charge in [-0.1, -0.05) is 12.1 Å². The Kier molecular flexibility index (Phi) is 3.73. The fourth-order valence-electron chi connectivity index (χ4n) is 5.28. The second-order valence-corrected chi connectivity index (χ2v) is 8.60. The van der Waals surface area contributed by atoms with Crippen LogP contribution in [0.15, 0.2) is 18.2 Å². The zero-order valence-corrected chi connectivity index (χ0v) is 15.4. The highest BCUT2D eigenvalue weighted by Crippen LogP contribution is 2.48. The van der Waals surface area contributed by atoms with Crippen molar-refractivity contribution in [3.63, 3.8) is 0 Å². The Balaban J connectivity index is 1.36. The Morgan fingerprint density at radius 3 is 2.54 bits per heavy atom. The van der Waals surface area contributed by atoms with E-state index in [2.05, 4.69) is 10.2 Å². The Bertz CT molecular complexity index is 913. The lowest BCUT2D eigenvalue weighted by Crippen LogP contribution is -2.64. The van der Waals surface area contributed by atoms with Gasteiger partial charge in [0.2, 0.25) is 11.8 Å². The normalized spacial score (nSPS) is 26.9. The van der Waals surface area contributed by atoms with Gasteiger partial charge in [0.25, 0.3) is 11.8 Å². The van der Waals surface area contributed by atoms with E-state index in [1.54, 1.807) is 12.1 Å². The van der Waals surface area contributed by atoms with Crippen LogP contribution in [0.3, 0.4) is 0 Å². The van der Waals surface area contributed by atoms with Crippen molar-refractivity contribution in [2.24, 2.45) is 11.1 Å². The summed E-state index contributed by atoms with van der Waals surface area (Å²) in [7, 11) is 0. The van der Waals surface area contributed by atoms with E-state index < -0.39 is 23.8 Å². The molecule has 0 aromatic heterocycles. The summed E-state index contributed by atoms with van der Waals surface area (Å²) in [6.07, 6.45) is 2.39. The van der Waals surface area contributed by atoms with Crippen LogP contribution in [-0.4, -0.2) is 58.6 Å². The number of nitrogens with one attached hydrogen (secondary N) is 1. The second-order valence-electron chi connectivity index (χ2n) is 8.60. The van der Waals surface area contributed by atoms with Gasteiger partial charge in [-0.3, -0.25) is 34.3 Å². The molecule has 8 nitrogen and oxygen atoms in total. The standard InChI is InChI=1S/C20H22N4O4/c21-12-6-20(7-12)9-23(10-20)8-11-2-1-3-13-16(11)19(28)24(18(13)27)14-4-5-15(25)22-17(14)26/h1-3,12,14H,4-10,21H2,(H,22,25,26). The van der Waals surface area contributed by atoms with Crippen LogP contribution < -0.4 is 11.1 Å². The van der Waals surface area contributed by atoms with Crippen LogP contribution in [0.5, 0.6) is 0 Å². The summed E-state index contributed by atoms with van der Waals surface area (Å²) >= 11 is 0. The number of hydrogen-bond donors (Lipinski definition) is 2. The number of carbonyl (C=O) groups excluding carboxylic acids is 4. The van der Waals surface area contributed by atoms with E-state index in [1.807, 2.05) is 6.07 Å². The Morgan fingerprint density at radius 2 is 1.86 bits per heavy atom. The molecular formula is C20H22N4O4. The van der Waals surface area contributed by atoms with Crippen LogP contribution in [-0.2, 0) is 16.1 Å². The molecule has 8 heteroatoms. The number of rotatable bonds is 3. The first-order valence-electron chi connectivity index (χ1n) is 9.68. The van der Waals surface area contributed by atoms with Crippen molar-refractivity contribution in [3.05, 3.63) is 34.9 Å². The minimum absolute atomic E-state index is 0.120. The Morgan fingerprint density at radius 1 is 1.11 bits per heavy atom. The number of carbonyl (C=O) groups is 4. The van der Waals surface area contributed by atoms with Crippen molar-refractivity contribution < 1.29 is 19.2 Å². The molecule has 3 N–H and O–H groups in total. The number of piperidine rings is 1. The molecule has 0 radical (unpaired) electrons. The molecule has 2 saturated heterocycles. The molecule has 1 aromatic carbocycles. The van der Waals surface area contributed by atoms with Gasteiger partial charge in [0.05, 0.1) is 11.1 Å². The number of benzene rings is 1. The highest BCUT2D eigenvalue weighted by molar-refractivity contribution is 6.24. The summed E-state index contributed by atoms with van der Waals surface area (Å²) in [5, 5.41) is 2.22. The van der Waals surface area contributed by atoms with E-state index in [4.69, 9.17) is 5.73 Å². The van der Waals surface area contributed by atoms with Crippen molar-refractivity contribution in [1.29, 1.82) is 0 Å². The summed E-state index contributed by atoms with van der Waals surface area (Å²) < 4.78 is 0. The lowest BCUT2D eigenvalue weighted by Gasteiger charge is -2.58. The number of hydrogen-bond acceptors (Lipinski definition) is 6. The van der Waals surface area contributed by atoms with Gasteiger partial charge >= 0.3 is 0 Å². The minimum Gasteiger partial charge on any atom is -0.328 e. The third kappa shape index (κ3) is 2.51. The van der Waals surface area contributed by atoms with Crippen LogP contribution in [0, 0.1) is 5.41 Å². The zero-order chi connectivity index (χ0) is 19.6. The smallest absolute Gasteiger partial charge is 0.262 e. The highest BCUT2D eigenvalue weighted by atomic mass is 16.2. The molecule has 4 amide bonds. The average molecular weight is 382 g/mol. The van der Waals surface area contributed by atoms with Gasteiger partial charge in [-0.25, -0.2) is 0 Å². The van der Waals surface area contributed by atoms with E-state index in [-0.39, 0.29) is 18.7 Å². The van der Waals surface area contributed by atoms with Crippen LogP contribution >= 0.6 is 0 Å². The number of nitrogens with two attached hydrogens (primary N) is 1. The first-order valence-corrected chi connectivity index (χ1v) is 9.68. The molecule has 3 aliphatic heterocycles. The molecule has 146 valence electrons. The predicted molar refractivity (Wildman–Crippen MR) is 98.0 cm³/mol. The first-order chi connectivity index (χ1) is 13.4. The lowest BCUT2D eigenvalue weighted by molar-refractivity contribution is -0.136. The van der Waals surface area contributed by atoms with Gasteiger partial charge < -0.3 is 5.73 Å². The topological polar surface area (TPSA) is 113 Å². The fraction of sp³-hybridized carbons (Fsp3) is 0.500. The van der Waals surface area contributed by atoms with Gasteiger partial charge in [-0.15, -0.1) is 0 Å². The molecule has 4 aliphatic rings. The number of nitrogens with zero attached hydrogens (tertiary/aromatic N) is 2. The summed E-state index contributed by atoms with van der Waals surface area (Å²) in [4.78, 5) is 52.8. The Labute approximate surface area is 162 Å². The van der Waals surface area contributed by atoms with E-state index in [0.29, 0.717) is 29.1 Å². The van der Waals surface area contributed by atoms with Crippen LogP contribution in [0.25, 0.3) is 0 Å². The molecule has 1 unspecified atom stereocenters. The molecule has 3 fully saturated rings. The first kappa shape index (κ1) is 17.5. The molecule has 5 rings (SSSR count). The highest BCUT2D eigenvalue weighted by Gasteiger charge is 2.51. The van der Waals surface area contributed by atoms with E-state index in [9.17, 15) is 19.2 Å². The molecule has 1 spiro atoms. The third-order valence-corrected chi connectivity index (χ3v) is 6.46. The third-order valence-electron chi connectivity index (χ3n) is 6.46. The molecule has 1 atom stereocenters. The van der Waals surface area contributed by atoms with E-state index in [0.717, 1.165) is 36.4 Å².